The first-order valence-electron chi connectivity index (χ1n) is 7.10. The Balaban J connectivity index is 2.05. The molecular weight excluding hydrogens is 330 g/mol. The van der Waals surface area contributed by atoms with Crippen LogP contribution in [0.3, 0.4) is 0 Å². The van der Waals surface area contributed by atoms with Crippen molar-refractivity contribution in [3.63, 3.8) is 0 Å². The maximum atomic E-state index is 12.5. The Bertz CT molecular complexity index is 782. The highest BCUT2D eigenvalue weighted by Gasteiger charge is 2.16. The van der Waals surface area contributed by atoms with E-state index in [-0.39, 0.29) is 11.0 Å². The molecule has 0 aliphatic rings. The Kier molecular flexibility index (Phi) is 5.49. The largest absolute Gasteiger partial charge is 0.293 e. The second-order valence-corrected chi connectivity index (χ2v) is 8.55. The van der Waals surface area contributed by atoms with E-state index >= 15 is 0 Å². The van der Waals surface area contributed by atoms with Crippen LogP contribution in [0, 0.1) is 6.92 Å². The normalized spacial score (nSPS) is 12.7. The van der Waals surface area contributed by atoms with Gasteiger partial charge in [-0.15, -0.1) is 11.8 Å². The van der Waals surface area contributed by atoms with Crippen molar-refractivity contribution >= 4 is 33.3 Å². The number of sulfonamides is 1. The number of benzene rings is 2. The number of hydrogen-bond acceptors (Lipinski definition) is 4. The third kappa shape index (κ3) is 5.41. The Hall–Kier alpha value is -1.79. The number of carbonyl (C=O) groups excluding carboxylic acids is 1. The summed E-state index contributed by atoms with van der Waals surface area (Å²) in [6, 6.07) is 14.5. The zero-order valence-electron chi connectivity index (χ0n) is 13.2. The first-order chi connectivity index (χ1) is 10.7. The molecule has 0 saturated carbocycles. The number of rotatable bonds is 6. The number of carbonyl (C=O) groups is 1. The van der Waals surface area contributed by atoms with Crippen molar-refractivity contribution in [1.29, 1.82) is 0 Å². The molecule has 23 heavy (non-hydrogen) atoms. The molecule has 0 spiro atoms. The number of aryl methyl sites for hydroxylation is 1. The van der Waals surface area contributed by atoms with Gasteiger partial charge in [0, 0.05) is 16.1 Å². The highest BCUT2D eigenvalue weighted by molar-refractivity contribution is 8.00. The van der Waals surface area contributed by atoms with Crippen LogP contribution in [0.15, 0.2) is 53.4 Å². The van der Waals surface area contributed by atoms with E-state index in [1.165, 1.54) is 17.3 Å². The van der Waals surface area contributed by atoms with E-state index in [1.807, 2.05) is 38.1 Å². The molecule has 0 bridgehead atoms. The Morgan fingerprint density at radius 2 is 1.61 bits per heavy atom. The van der Waals surface area contributed by atoms with Gasteiger partial charge in [-0.3, -0.25) is 9.52 Å². The average Bonchev–Trinajstić information content (AvgIpc) is 2.48. The van der Waals surface area contributed by atoms with Crippen molar-refractivity contribution in [2.24, 2.45) is 0 Å². The molecule has 6 heteroatoms. The number of ketones is 1. The molecule has 0 radical (unpaired) electrons. The molecule has 0 aliphatic heterocycles. The molecule has 0 heterocycles. The van der Waals surface area contributed by atoms with Gasteiger partial charge in [0.05, 0.1) is 11.5 Å². The molecule has 0 fully saturated rings. The van der Waals surface area contributed by atoms with Crippen LogP contribution < -0.4 is 4.72 Å². The fraction of sp³-hybridized carbons (Fsp3) is 0.235. The zero-order chi connectivity index (χ0) is 17.0. The molecule has 122 valence electrons. The smallest absolute Gasteiger partial charge is 0.229 e. The summed E-state index contributed by atoms with van der Waals surface area (Å²) in [5, 5.41) is -0.216. The van der Waals surface area contributed by atoms with Crippen LogP contribution in [0.4, 0.5) is 5.69 Å². The second kappa shape index (κ2) is 7.19. The van der Waals surface area contributed by atoms with Crippen LogP contribution in [0.1, 0.15) is 22.8 Å². The van der Waals surface area contributed by atoms with Gasteiger partial charge in [-0.1, -0.05) is 17.7 Å². The summed E-state index contributed by atoms with van der Waals surface area (Å²) in [4.78, 5) is 13.5. The molecule has 2 rings (SSSR count). The number of anilines is 1. The summed E-state index contributed by atoms with van der Waals surface area (Å²) in [6.07, 6.45) is 1.09. The van der Waals surface area contributed by atoms with E-state index in [2.05, 4.69) is 4.72 Å². The lowest BCUT2D eigenvalue weighted by Gasteiger charge is -2.11. The molecule has 0 aliphatic carbocycles. The molecule has 1 N–H and O–H groups in total. The van der Waals surface area contributed by atoms with Crippen LogP contribution in [-0.4, -0.2) is 25.7 Å². The summed E-state index contributed by atoms with van der Waals surface area (Å²) in [7, 11) is -3.31. The first-order valence-corrected chi connectivity index (χ1v) is 9.87. The van der Waals surface area contributed by atoms with Crippen molar-refractivity contribution in [2.45, 2.75) is 24.0 Å². The van der Waals surface area contributed by atoms with Gasteiger partial charge in [-0.2, -0.15) is 0 Å². The van der Waals surface area contributed by atoms with E-state index in [0.29, 0.717) is 11.3 Å². The molecule has 1 atom stereocenters. The topological polar surface area (TPSA) is 63.2 Å². The quantitative estimate of drug-likeness (QED) is 0.637. The standard InChI is InChI=1S/C17H19NO3S2/c1-12-4-10-16(11-5-12)22-13(2)17(19)14-6-8-15(9-7-14)18-23(3,20)21/h4-11,13,18H,1-3H3/t13-/m0/s1. The lowest BCUT2D eigenvalue weighted by molar-refractivity contribution is 0.0994. The second-order valence-electron chi connectivity index (χ2n) is 5.39. The van der Waals surface area contributed by atoms with Crippen LogP contribution in [-0.2, 0) is 10.0 Å². The fourth-order valence-electron chi connectivity index (χ4n) is 2.03. The number of hydrogen-bond donors (Lipinski definition) is 1. The van der Waals surface area contributed by atoms with Gasteiger partial charge in [0.2, 0.25) is 10.0 Å². The van der Waals surface area contributed by atoms with E-state index < -0.39 is 10.0 Å². The van der Waals surface area contributed by atoms with Crippen LogP contribution in [0.5, 0.6) is 0 Å². The maximum absolute atomic E-state index is 12.5. The van der Waals surface area contributed by atoms with Gasteiger partial charge in [-0.25, -0.2) is 8.42 Å². The van der Waals surface area contributed by atoms with Crippen molar-refractivity contribution < 1.29 is 13.2 Å². The summed E-state index contributed by atoms with van der Waals surface area (Å²) in [5.41, 5.74) is 2.20. The average molecular weight is 349 g/mol. The van der Waals surface area contributed by atoms with Crippen molar-refractivity contribution in [3.05, 3.63) is 59.7 Å². The summed E-state index contributed by atoms with van der Waals surface area (Å²) in [6.45, 7) is 3.89. The lowest BCUT2D eigenvalue weighted by atomic mass is 10.1. The molecule has 0 saturated heterocycles. The van der Waals surface area contributed by atoms with Crippen molar-refractivity contribution in [1.82, 2.24) is 0 Å². The monoisotopic (exact) mass is 349 g/mol. The fourth-order valence-corrected chi connectivity index (χ4v) is 3.53. The summed E-state index contributed by atoms with van der Waals surface area (Å²) >= 11 is 1.51. The molecule has 0 aromatic heterocycles. The molecule has 2 aromatic rings. The van der Waals surface area contributed by atoms with Crippen molar-refractivity contribution in [2.75, 3.05) is 11.0 Å². The van der Waals surface area contributed by atoms with Gasteiger partial charge < -0.3 is 0 Å². The number of nitrogens with one attached hydrogen (secondary N) is 1. The van der Waals surface area contributed by atoms with E-state index in [1.54, 1.807) is 24.3 Å². The van der Waals surface area contributed by atoms with E-state index in [9.17, 15) is 13.2 Å². The molecular formula is C17H19NO3S2. The summed E-state index contributed by atoms with van der Waals surface area (Å²) < 4.78 is 24.7. The predicted octanol–water partition coefficient (Wildman–Crippen LogP) is 3.73. The summed E-state index contributed by atoms with van der Waals surface area (Å²) in [5.74, 6) is 0.0153. The van der Waals surface area contributed by atoms with E-state index in [4.69, 9.17) is 0 Å². The minimum Gasteiger partial charge on any atom is -0.293 e. The van der Waals surface area contributed by atoms with Crippen LogP contribution >= 0.6 is 11.8 Å². The SMILES string of the molecule is Cc1ccc(S[C@@H](C)C(=O)c2ccc(NS(C)(=O)=O)cc2)cc1. The minimum absolute atomic E-state index is 0.0153. The highest BCUT2D eigenvalue weighted by Crippen LogP contribution is 2.26. The van der Waals surface area contributed by atoms with Gasteiger partial charge in [-0.05, 0) is 50.2 Å². The molecule has 4 nitrogen and oxygen atoms in total. The number of thioether (sulfide) groups is 1. The van der Waals surface area contributed by atoms with Gasteiger partial charge >= 0.3 is 0 Å². The van der Waals surface area contributed by atoms with Gasteiger partial charge in [0.15, 0.2) is 5.78 Å². The molecule has 2 aromatic carbocycles. The number of Topliss-reactive ketones (excluding diaryl/α,β-unsaturated/α-hetero) is 1. The first kappa shape index (κ1) is 17.6. The van der Waals surface area contributed by atoms with Crippen LogP contribution in [0.25, 0.3) is 0 Å². The Morgan fingerprint density at radius 3 is 2.13 bits per heavy atom. The highest BCUT2D eigenvalue weighted by atomic mass is 32.2. The Labute approximate surface area is 141 Å². The Morgan fingerprint density at radius 1 is 1.04 bits per heavy atom. The minimum atomic E-state index is -3.31. The van der Waals surface area contributed by atoms with Crippen LogP contribution in [0.2, 0.25) is 0 Å². The predicted molar refractivity (Wildman–Crippen MR) is 95.7 cm³/mol. The molecule has 0 amide bonds. The van der Waals surface area contributed by atoms with Crippen molar-refractivity contribution in [3.8, 4) is 0 Å². The lowest BCUT2D eigenvalue weighted by Crippen LogP contribution is -2.14. The maximum Gasteiger partial charge on any atom is 0.229 e. The third-order valence-corrected chi connectivity index (χ3v) is 4.89. The third-order valence-electron chi connectivity index (χ3n) is 3.18. The zero-order valence-corrected chi connectivity index (χ0v) is 14.9. The van der Waals surface area contributed by atoms with E-state index in [0.717, 1.165) is 11.2 Å². The van der Waals surface area contributed by atoms with Gasteiger partial charge in [0.1, 0.15) is 0 Å². The van der Waals surface area contributed by atoms with Gasteiger partial charge in [0.25, 0.3) is 0 Å². The molecule has 0 unspecified atom stereocenters.